The third-order valence-electron chi connectivity index (χ3n) is 4.51. The Morgan fingerprint density at radius 1 is 1.15 bits per heavy atom. The lowest BCUT2D eigenvalue weighted by Crippen LogP contribution is -2.52. The summed E-state index contributed by atoms with van der Waals surface area (Å²) in [7, 11) is 0. The summed E-state index contributed by atoms with van der Waals surface area (Å²) in [6, 6.07) is 6.63. The van der Waals surface area contributed by atoms with Gasteiger partial charge < -0.3 is 25.0 Å². The zero-order chi connectivity index (χ0) is 25.9. The summed E-state index contributed by atoms with van der Waals surface area (Å²) in [6.45, 7) is 9.90. The standard InChI is InChI=1S/C24H34N4O6/c1-7-33-19(29)12-14-26-21(30)20(18-10-8-16(2)9-11-18)28(15-13-25)22(31)17(3)27-23(32)34-24(4,5)6/h8-11,17,20H,7,12,14-15H2,1-6H3,(H,26,30)(H,27,32). The third-order valence-corrected chi connectivity index (χ3v) is 4.51. The van der Waals surface area contributed by atoms with E-state index in [1.807, 2.05) is 13.0 Å². The molecule has 10 nitrogen and oxygen atoms in total. The Hall–Kier alpha value is -3.61. The summed E-state index contributed by atoms with van der Waals surface area (Å²) >= 11 is 0. The summed E-state index contributed by atoms with van der Waals surface area (Å²) in [5.74, 6) is -1.67. The molecule has 0 aromatic heterocycles. The average molecular weight is 475 g/mol. The van der Waals surface area contributed by atoms with Crippen molar-refractivity contribution in [1.29, 1.82) is 5.26 Å². The smallest absolute Gasteiger partial charge is 0.408 e. The Morgan fingerprint density at radius 2 is 1.76 bits per heavy atom. The average Bonchev–Trinajstić information content (AvgIpc) is 2.73. The number of nitriles is 1. The van der Waals surface area contributed by atoms with Crippen LogP contribution in [0.2, 0.25) is 0 Å². The van der Waals surface area contributed by atoms with E-state index in [0.29, 0.717) is 5.56 Å². The van der Waals surface area contributed by atoms with Crippen molar-refractivity contribution in [2.75, 3.05) is 19.7 Å². The topological polar surface area (TPSA) is 138 Å². The molecule has 3 amide bonds. The fourth-order valence-corrected chi connectivity index (χ4v) is 3.01. The van der Waals surface area contributed by atoms with E-state index in [2.05, 4.69) is 10.6 Å². The van der Waals surface area contributed by atoms with Gasteiger partial charge in [0, 0.05) is 6.54 Å². The lowest BCUT2D eigenvalue weighted by Gasteiger charge is -2.32. The van der Waals surface area contributed by atoms with Gasteiger partial charge in [-0.2, -0.15) is 5.26 Å². The number of hydrogen-bond acceptors (Lipinski definition) is 7. The summed E-state index contributed by atoms with van der Waals surface area (Å²) in [6.07, 6.45) is -0.834. The van der Waals surface area contributed by atoms with Crippen LogP contribution in [0.25, 0.3) is 0 Å². The van der Waals surface area contributed by atoms with Crippen molar-refractivity contribution in [2.24, 2.45) is 0 Å². The van der Waals surface area contributed by atoms with Gasteiger partial charge in [-0.05, 0) is 47.1 Å². The molecule has 0 bridgehead atoms. The molecule has 0 saturated heterocycles. The van der Waals surface area contributed by atoms with Crippen LogP contribution >= 0.6 is 0 Å². The number of carbonyl (C=O) groups is 4. The highest BCUT2D eigenvalue weighted by Crippen LogP contribution is 2.23. The molecule has 1 aromatic carbocycles. The minimum atomic E-state index is -1.15. The lowest BCUT2D eigenvalue weighted by molar-refractivity contribution is -0.144. The number of nitrogens with zero attached hydrogens (tertiary/aromatic N) is 2. The molecule has 186 valence electrons. The van der Waals surface area contributed by atoms with E-state index < -0.39 is 48.1 Å². The van der Waals surface area contributed by atoms with Gasteiger partial charge in [-0.1, -0.05) is 29.8 Å². The van der Waals surface area contributed by atoms with E-state index in [4.69, 9.17) is 9.47 Å². The molecule has 0 aliphatic rings. The maximum Gasteiger partial charge on any atom is 0.408 e. The van der Waals surface area contributed by atoms with Crippen LogP contribution in [0.4, 0.5) is 4.79 Å². The molecule has 0 aliphatic heterocycles. The number of alkyl carbamates (subject to hydrolysis) is 1. The number of nitrogens with one attached hydrogen (secondary N) is 2. The molecule has 0 radical (unpaired) electrons. The first-order chi connectivity index (χ1) is 15.9. The Balaban J connectivity index is 3.15. The molecule has 0 aliphatic carbocycles. The third kappa shape index (κ3) is 9.48. The minimum Gasteiger partial charge on any atom is -0.466 e. The molecule has 10 heteroatoms. The highest BCUT2D eigenvalue weighted by atomic mass is 16.6. The predicted molar refractivity (Wildman–Crippen MR) is 124 cm³/mol. The number of rotatable bonds is 10. The van der Waals surface area contributed by atoms with Crippen molar-refractivity contribution in [1.82, 2.24) is 15.5 Å². The van der Waals surface area contributed by atoms with Gasteiger partial charge in [0.2, 0.25) is 11.8 Å². The summed E-state index contributed by atoms with van der Waals surface area (Å²) < 4.78 is 10.0. The fraction of sp³-hybridized carbons (Fsp3) is 0.542. The van der Waals surface area contributed by atoms with Crippen LogP contribution < -0.4 is 10.6 Å². The first-order valence-electron chi connectivity index (χ1n) is 11.1. The van der Waals surface area contributed by atoms with Crippen LogP contribution in [0.5, 0.6) is 0 Å². The zero-order valence-corrected chi connectivity index (χ0v) is 20.6. The molecular formula is C24H34N4O6. The Morgan fingerprint density at radius 3 is 2.29 bits per heavy atom. The quantitative estimate of drug-likeness (QED) is 0.392. The summed E-state index contributed by atoms with van der Waals surface area (Å²) in [5.41, 5.74) is 0.665. The first kappa shape index (κ1) is 28.4. The molecule has 0 spiro atoms. The number of ether oxygens (including phenoxy) is 2. The van der Waals surface area contributed by atoms with Crippen molar-refractivity contribution >= 4 is 23.9 Å². The molecule has 2 unspecified atom stereocenters. The second kappa shape index (κ2) is 13.2. The summed E-state index contributed by atoms with van der Waals surface area (Å²) in [5, 5.41) is 14.5. The van der Waals surface area contributed by atoms with Crippen LogP contribution in [0.15, 0.2) is 24.3 Å². The molecule has 1 rings (SSSR count). The van der Waals surface area contributed by atoms with Gasteiger partial charge in [0.1, 0.15) is 24.2 Å². The molecule has 2 N–H and O–H groups in total. The van der Waals surface area contributed by atoms with Crippen LogP contribution in [0.3, 0.4) is 0 Å². The molecule has 34 heavy (non-hydrogen) atoms. The van der Waals surface area contributed by atoms with Crippen LogP contribution in [-0.4, -0.2) is 60.1 Å². The van der Waals surface area contributed by atoms with E-state index in [-0.39, 0.29) is 19.6 Å². The monoisotopic (exact) mass is 474 g/mol. The van der Waals surface area contributed by atoms with Gasteiger partial charge in [-0.15, -0.1) is 0 Å². The molecule has 0 fully saturated rings. The van der Waals surface area contributed by atoms with Gasteiger partial charge in [0.25, 0.3) is 0 Å². The van der Waals surface area contributed by atoms with Gasteiger partial charge in [-0.3, -0.25) is 14.4 Å². The fourth-order valence-electron chi connectivity index (χ4n) is 3.01. The molecule has 0 heterocycles. The van der Waals surface area contributed by atoms with E-state index in [1.165, 1.54) is 6.92 Å². The van der Waals surface area contributed by atoms with Crippen molar-refractivity contribution in [2.45, 2.75) is 65.6 Å². The van der Waals surface area contributed by atoms with E-state index in [9.17, 15) is 24.4 Å². The highest BCUT2D eigenvalue weighted by molar-refractivity contribution is 5.92. The largest absolute Gasteiger partial charge is 0.466 e. The Labute approximate surface area is 200 Å². The number of esters is 1. The maximum absolute atomic E-state index is 13.2. The van der Waals surface area contributed by atoms with E-state index in [1.54, 1.807) is 52.0 Å². The van der Waals surface area contributed by atoms with Crippen LogP contribution in [0.1, 0.15) is 58.2 Å². The van der Waals surface area contributed by atoms with Gasteiger partial charge >= 0.3 is 12.1 Å². The number of carbonyl (C=O) groups excluding carboxylic acids is 4. The van der Waals surface area contributed by atoms with E-state index in [0.717, 1.165) is 10.5 Å². The summed E-state index contributed by atoms with van der Waals surface area (Å²) in [4.78, 5) is 51.2. The van der Waals surface area contributed by atoms with Gasteiger partial charge in [0.05, 0.1) is 19.1 Å². The van der Waals surface area contributed by atoms with Crippen molar-refractivity contribution < 1.29 is 28.7 Å². The van der Waals surface area contributed by atoms with Crippen molar-refractivity contribution in [3.63, 3.8) is 0 Å². The predicted octanol–water partition coefficient (Wildman–Crippen LogP) is 2.37. The highest BCUT2D eigenvalue weighted by Gasteiger charge is 2.34. The maximum atomic E-state index is 13.2. The zero-order valence-electron chi connectivity index (χ0n) is 20.6. The van der Waals surface area contributed by atoms with Crippen LogP contribution in [-0.2, 0) is 23.9 Å². The number of hydrogen-bond donors (Lipinski definition) is 2. The second-order valence-corrected chi connectivity index (χ2v) is 8.65. The van der Waals surface area contributed by atoms with Crippen molar-refractivity contribution in [3.8, 4) is 6.07 Å². The van der Waals surface area contributed by atoms with Gasteiger partial charge in [0.15, 0.2) is 0 Å². The van der Waals surface area contributed by atoms with Crippen molar-refractivity contribution in [3.05, 3.63) is 35.4 Å². The Bertz CT molecular complexity index is 902. The van der Waals surface area contributed by atoms with Gasteiger partial charge in [-0.25, -0.2) is 4.79 Å². The lowest BCUT2D eigenvalue weighted by atomic mass is 10.0. The number of amides is 3. The number of aryl methyl sites for hydroxylation is 1. The number of benzene rings is 1. The minimum absolute atomic E-state index is 0.000322. The van der Waals surface area contributed by atoms with E-state index >= 15 is 0 Å². The molecule has 1 aromatic rings. The van der Waals surface area contributed by atoms with Crippen LogP contribution in [0, 0.1) is 18.3 Å². The molecule has 2 atom stereocenters. The SMILES string of the molecule is CCOC(=O)CCNC(=O)C(c1ccc(C)cc1)N(CC#N)C(=O)C(C)NC(=O)OC(C)(C)C. The Kier molecular flexibility index (Phi) is 11.0. The normalized spacial score (nSPS) is 12.5. The first-order valence-corrected chi connectivity index (χ1v) is 11.1. The molecule has 0 saturated carbocycles. The molecular weight excluding hydrogens is 440 g/mol. The second-order valence-electron chi connectivity index (χ2n) is 8.65.